The van der Waals surface area contributed by atoms with Gasteiger partial charge in [-0.15, -0.1) is 0 Å². The van der Waals surface area contributed by atoms with Gasteiger partial charge in [-0.3, -0.25) is 9.59 Å². The number of ketones is 1. The number of amides is 1. The predicted octanol–water partition coefficient (Wildman–Crippen LogP) is 5.13. The summed E-state index contributed by atoms with van der Waals surface area (Å²) < 4.78 is 0. The van der Waals surface area contributed by atoms with Crippen molar-refractivity contribution in [2.45, 2.75) is 12.8 Å². The Kier molecular flexibility index (Phi) is 6.12. The monoisotopic (exact) mass is 387 g/mol. The maximum atomic E-state index is 12.5. The van der Waals surface area contributed by atoms with Gasteiger partial charge in [0.15, 0.2) is 5.78 Å². The number of benzene rings is 2. The molecule has 3 rings (SSSR count). The van der Waals surface area contributed by atoms with Gasteiger partial charge in [0.05, 0.1) is 10.0 Å². The Morgan fingerprint density at radius 3 is 2.35 bits per heavy atom. The zero-order valence-corrected chi connectivity index (χ0v) is 15.7. The summed E-state index contributed by atoms with van der Waals surface area (Å²) >= 11 is 12.1. The zero-order valence-electron chi connectivity index (χ0n) is 14.2. The van der Waals surface area contributed by atoms with Crippen LogP contribution in [0.5, 0.6) is 0 Å². The van der Waals surface area contributed by atoms with Crippen molar-refractivity contribution in [1.82, 2.24) is 4.90 Å². The van der Waals surface area contributed by atoms with Crippen LogP contribution in [0.25, 0.3) is 6.08 Å². The van der Waals surface area contributed by atoms with Crippen LogP contribution in [0.3, 0.4) is 0 Å². The van der Waals surface area contributed by atoms with E-state index >= 15 is 0 Å². The molecule has 1 heterocycles. The molecule has 0 radical (unpaired) electrons. The van der Waals surface area contributed by atoms with Gasteiger partial charge in [0, 0.05) is 30.6 Å². The average molecular weight is 388 g/mol. The van der Waals surface area contributed by atoms with Gasteiger partial charge in [-0.1, -0.05) is 65.7 Å². The third-order valence-corrected chi connectivity index (χ3v) is 5.46. The molecule has 0 saturated carbocycles. The number of carbonyl (C=O) groups is 2. The number of hydrogen-bond donors (Lipinski definition) is 0. The number of piperidine rings is 1. The van der Waals surface area contributed by atoms with Gasteiger partial charge in [-0.25, -0.2) is 0 Å². The van der Waals surface area contributed by atoms with Crippen LogP contribution in [-0.4, -0.2) is 29.7 Å². The Hall–Kier alpha value is -2.10. The fraction of sp³-hybridized carbons (Fsp3) is 0.238. The summed E-state index contributed by atoms with van der Waals surface area (Å²) in [7, 11) is 0. The molecule has 1 amide bonds. The Morgan fingerprint density at radius 2 is 1.65 bits per heavy atom. The minimum Gasteiger partial charge on any atom is -0.339 e. The Labute approximate surface area is 163 Å². The lowest BCUT2D eigenvalue weighted by Crippen LogP contribution is -2.39. The number of nitrogens with zero attached hydrogens (tertiary/aromatic N) is 1. The van der Waals surface area contributed by atoms with Crippen LogP contribution in [0, 0.1) is 5.92 Å². The fourth-order valence-corrected chi connectivity index (χ4v) is 3.49. The van der Waals surface area contributed by atoms with Crippen LogP contribution in [0.2, 0.25) is 10.0 Å². The van der Waals surface area contributed by atoms with E-state index in [1.165, 1.54) is 6.08 Å². The molecule has 0 bridgehead atoms. The molecule has 5 heteroatoms. The number of rotatable bonds is 4. The molecular formula is C21H19Cl2NO2. The van der Waals surface area contributed by atoms with Gasteiger partial charge in [-0.2, -0.15) is 0 Å². The smallest absolute Gasteiger partial charge is 0.246 e. The Balaban J connectivity index is 1.58. The van der Waals surface area contributed by atoms with Crippen molar-refractivity contribution < 1.29 is 9.59 Å². The maximum absolute atomic E-state index is 12.5. The minimum atomic E-state index is -0.0772. The lowest BCUT2D eigenvalue weighted by atomic mass is 9.89. The second-order valence-corrected chi connectivity index (χ2v) is 7.09. The average Bonchev–Trinajstić information content (AvgIpc) is 2.69. The second-order valence-electron chi connectivity index (χ2n) is 6.31. The third-order valence-electron chi connectivity index (χ3n) is 4.62. The Bertz CT molecular complexity index is 825. The van der Waals surface area contributed by atoms with Crippen molar-refractivity contribution in [1.29, 1.82) is 0 Å². The molecule has 3 nitrogen and oxygen atoms in total. The van der Waals surface area contributed by atoms with Crippen LogP contribution in [0.1, 0.15) is 28.8 Å². The first-order valence-electron chi connectivity index (χ1n) is 8.56. The van der Waals surface area contributed by atoms with Crippen molar-refractivity contribution in [2.75, 3.05) is 13.1 Å². The highest BCUT2D eigenvalue weighted by atomic mass is 35.5. The quantitative estimate of drug-likeness (QED) is 0.538. The highest BCUT2D eigenvalue weighted by Gasteiger charge is 2.27. The summed E-state index contributed by atoms with van der Waals surface area (Å²) in [5.74, 6) is 0.0680. The van der Waals surface area contributed by atoms with E-state index in [1.54, 1.807) is 23.1 Å². The molecule has 0 unspecified atom stereocenters. The molecule has 2 aromatic rings. The predicted molar refractivity (Wildman–Crippen MR) is 106 cm³/mol. The lowest BCUT2D eigenvalue weighted by molar-refractivity contribution is -0.127. The first kappa shape index (κ1) is 18.7. The van der Waals surface area contributed by atoms with E-state index in [0.717, 1.165) is 5.56 Å². The van der Waals surface area contributed by atoms with E-state index in [1.807, 2.05) is 36.4 Å². The zero-order chi connectivity index (χ0) is 18.5. The van der Waals surface area contributed by atoms with Gasteiger partial charge in [-0.05, 0) is 30.5 Å². The van der Waals surface area contributed by atoms with E-state index < -0.39 is 0 Å². The third kappa shape index (κ3) is 4.35. The molecule has 0 aliphatic carbocycles. The van der Waals surface area contributed by atoms with Crippen molar-refractivity contribution in [3.63, 3.8) is 0 Å². The molecule has 0 N–H and O–H groups in total. The van der Waals surface area contributed by atoms with Crippen molar-refractivity contribution in [3.8, 4) is 0 Å². The molecule has 0 spiro atoms. The van der Waals surface area contributed by atoms with Crippen molar-refractivity contribution in [3.05, 3.63) is 75.8 Å². The molecule has 1 fully saturated rings. The molecule has 134 valence electrons. The first-order valence-corrected chi connectivity index (χ1v) is 9.32. The van der Waals surface area contributed by atoms with Crippen LogP contribution < -0.4 is 0 Å². The summed E-state index contributed by atoms with van der Waals surface area (Å²) in [4.78, 5) is 26.7. The molecule has 26 heavy (non-hydrogen) atoms. The van der Waals surface area contributed by atoms with Gasteiger partial charge < -0.3 is 4.90 Å². The highest BCUT2D eigenvalue weighted by Crippen LogP contribution is 2.27. The Morgan fingerprint density at radius 1 is 0.962 bits per heavy atom. The summed E-state index contributed by atoms with van der Waals surface area (Å²) in [6.45, 7) is 1.16. The second kappa shape index (κ2) is 8.52. The molecule has 2 aromatic carbocycles. The maximum Gasteiger partial charge on any atom is 0.246 e. The standard InChI is InChI=1S/C21H19Cl2NO2/c22-18-8-4-7-15(20(18)23)9-10-19(25)24-13-11-17(12-14-24)21(26)16-5-2-1-3-6-16/h1-10,17H,11-14H2/b10-9+. The van der Waals surface area contributed by atoms with Crippen LogP contribution in [-0.2, 0) is 4.79 Å². The topological polar surface area (TPSA) is 37.4 Å². The largest absolute Gasteiger partial charge is 0.339 e. The van der Waals surface area contributed by atoms with Gasteiger partial charge in [0.1, 0.15) is 0 Å². The van der Waals surface area contributed by atoms with Gasteiger partial charge in [0.25, 0.3) is 0 Å². The summed E-state index contributed by atoms with van der Waals surface area (Å²) in [5, 5.41) is 0.895. The van der Waals surface area contributed by atoms with Crippen LogP contribution in [0.4, 0.5) is 0 Å². The van der Waals surface area contributed by atoms with Crippen LogP contribution in [0.15, 0.2) is 54.6 Å². The van der Waals surface area contributed by atoms with E-state index in [2.05, 4.69) is 0 Å². The number of halogens is 2. The number of likely N-dealkylation sites (tertiary alicyclic amines) is 1. The van der Waals surface area contributed by atoms with E-state index in [-0.39, 0.29) is 17.6 Å². The molecule has 0 aromatic heterocycles. The minimum absolute atomic E-state index is 0.0206. The molecule has 1 saturated heterocycles. The summed E-state index contributed by atoms with van der Waals surface area (Å²) in [6.07, 6.45) is 4.56. The molecule has 0 atom stereocenters. The normalized spacial score (nSPS) is 15.4. The van der Waals surface area contributed by atoms with Crippen molar-refractivity contribution in [2.24, 2.45) is 5.92 Å². The van der Waals surface area contributed by atoms with E-state index in [4.69, 9.17) is 23.2 Å². The summed E-state index contributed by atoms with van der Waals surface area (Å²) in [6, 6.07) is 14.6. The van der Waals surface area contributed by atoms with E-state index in [9.17, 15) is 9.59 Å². The first-order chi connectivity index (χ1) is 12.6. The van der Waals surface area contributed by atoms with Gasteiger partial charge >= 0.3 is 0 Å². The lowest BCUT2D eigenvalue weighted by Gasteiger charge is -2.30. The number of hydrogen-bond acceptors (Lipinski definition) is 2. The number of Topliss-reactive ketones (excluding diaryl/α,β-unsaturated/α-hetero) is 1. The van der Waals surface area contributed by atoms with Crippen LogP contribution >= 0.6 is 23.2 Å². The highest BCUT2D eigenvalue weighted by molar-refractivity contribution is 6.42. The number of carbonyl (C=O) groups excluding carboxylic acids is 2. The van der Waals surface area contributed by atoms with E-state index in [0.29, 0.717) is 41.5 Å². The molecular weight excluding hydrogens is 369 g/mol. The van der Waals surface area contributed by atoms with Gasteiger partial charge in [0.2, 0.25) is 5.91 Å². The summed E-state index contributed by atoms with van der Waals surface area (Å²) in [5.41, 5.74) is 1.45. The molecule has 1 aliphatic rings. The SMILES string of the molecule is O=C(c1ccccc1)C1CCN(C(=O)/C=C/c2cccc(Cl)c2Cl)CC1. The van der Waals surface area contributed by atoms with Crippen molar-refractivity contribution >= 4 is 41.0 Å². The molecule has 1 aliphatic heterocycles. The fourth-order valence-electron chi connectivity index (χ4n) is 3.12.